The molecule has 0 aliphatic carbocycles. The molecule has 0 bridgehead atoms. The van der Waals surface area contributed by atoms with Crippen LogP contribution in [-0.2, 0) is 0 Å². The van der Waals surface area contributed by atoms with E-state index in [1.165, 1.54) is 0 Å². The second-order valence-corrected chi connectivity index (χ2v) is 5.17. The molecule has 3 nitrogen and oxygen atoms in total. The summed E-state index contributed by atoms with van der Waals surface area (Å²) in [5.41, 5.74) is 0.287. The van der Waals surface area contributed by atoms with Crippen LogP contribution in [0.5, 0.6) is 11.5 Å². The Morgan fingerprint density at radius 2 is 1.74 bits per heavy atom. The number of hydrogen-bond acceptors (Lipinski definition) is 3. The molecule has 1 unspecified atom stereocenters. The first-order chi connectivity index (χ1) is 9.15. The van der Waals surface area contributed by atoms with Crippen LogP contribution in [0.2, 0.25) is 0 Å². The molecule has 108 valence electrons. The number of benzene rings is 1. The Morgan fingerprint density at radius 3 is 2.26 bits per heavy atom. The first-order valence-corrected chi connectivity index (χ1v) is 7.14. The number of rotatable bonds is 9. The van der Waals surface area contributed by atoms with Crippen LogP contribution in [0.15, 0.2) is 24.3 Å². The third kappa shape index (κ3) is 5.11. The van der Waals surface area contributed by atoms with Gasteiger partial charge in [0.1, 0.15) is 0 Å². The molecule has 1 aromatic rings. The Balaban J connectivity index is 2.52. The molecule has 0 saturated heterocycles. The van der Waals surface area contributed by atoms with Crippen molar-refractivity contribution in [2.75, 3.05) is 26.8 Å². The van der Waals surface area contributed by atoms with Gasteiger partial charge in [-0.3, -0.25) is 0 Å². The van der Waals surface area contributed by atoms with E-state index in [0.717, 1.165) is 37.5 Å². The fraction of sp³-hybridized carbons (Fsp3) is 0.625. The molecule has 19 heavy (non-hydrogen) atoms. The van der Waals surface area contributed by atoms with E-state index in [0.29, 0.717) is 6.61 Å². The lowest BCUT2D eigenvalue weighted by Crippen LogP contribution is -2.30. The van der Waals surface area contributed by atoms with E-state index in [9.17, 15) is 0 Å². The van der Waals surface area contributed by atoms with Gasteiger partial charge in [0.25, 0.3) is 0 Å². The van der Waals surface area contributed by atoms with Gasteiger partial charge in [-0.1, -0.05) is 26.0 Å². The van der Waals surface area contributed by atoms with Crippen LogP contribution < -0.4 is 14.8 Å². The van der Waals surface area contributed by atoms with E-state index in [1.807, 2.05) is 38.2 Å². The van der Waals surface area contributed by atoms with Gasteiger partial charge in [-0.25, -0.2) is 0 Å². The molecule has 1 rings (SSSR count). The minimum absolute atomic E-state index is 0.287. The SMILES string of the molecule is CCOc1ccccc1OCCC(C)(CC)CNC. The summed E-state index contributed by atoms with van der Waals surface area (Å²) in [5.74, 6) is 1.67. The summed E-state index contributed by atoms with van der Waals surface area (Å²) in [5, 5.41) is 3.26. The second-order valence-electron chi connectivity index (χ2n) is 5.17. The van der Waals surface area contributed by atoms with Crippen molar-refractivity contribution in [2.24, 2.45) is 5.41 Å². The van der Waals surface area contributed by atoms with Gasteiger partial charge in [0.2, 0.25) is 0 Å². The molecule has 0 fully saturated rings. The summed E-state index contributed by atoms with van der Waals surface area (Å²) in [6, 6.07) is 7.86. The minimum Gasteiger partial charge on any atom is -0.490 e. The van der Waals surface area contributed by atoms with E-state index in [2.05, 4.69) is 19.2 Å². The van der Waals surface area contributed by atoms with Gasteiger partial charge in [0.05, 0.1) is 13.2 Å². The Hall–Kier alpha value is -1.22. The third-order valence-corrected chi connectivity index (χ3v) is 3.57. The minimum atomic E-state index is 0.287. The van der Waals surface area contributed by atoms with E-state index in [-0.39, 0.29) is 5.41 Å². The second kappa shape index (κ2) is 8.05. The number of para-hydroxylation sites is 2. The fourth-order valence-electron chi connectivity index (χ4n) is 2.07. The average Bonchev–Trinajstić information content (AvgIpc) is 2.41. The Morgan fingerprint density at radius 1 is 1.11 bits per heavy atom. The summed E-state index contributed by atoms with van der Waals surface area (Å²) in [6.07, 6.45) is 2.18. The molecule has 0 aromatic heterocycles. The van der Waals surface area contributed by atoms with Gasteiger partial charge >= 0.3 is 0 Å². The number of hydrogen-bond donors (Lipinski definition) is 1. The molecule has 1 N–H and O–H groups in total. The third-order valence-electron chi connectivity index (χ3n) is 3.57. The molecule has 0 heterocycles. The molecule has 0 aliphatic rings. The largest absolute Gasteiger partial charge is 0.490 e. The van der Waals surface area contributed by atoms with Crippen molar-refractivity contribution in [3.63, 3.8) is 0 Å². The zero-order valence-corrected chi connectivity index (χ0v) is 12.7. The molecule has 1 atom stereocenters. The highest BCUT2D eigenvalue weighted by Gasteiger charge is 2.21. The van der Waals surface area contributed by atoms with E-state index in [4.69, 9.17) is 9.47 Å². The van der Waals surface area contributed by atoms with Crippen LogP contribution in [0.3, 0.4) is 0 Å². The summed E-state index contributed by atoms with van der Waals surface area (Å²) in [4.78, 5) is 0. The van der Waals surface area contributed by atoms with Crippen LogP contribution in [0, 0.1) is 5.41 Å². The van der Waals surface area contributed by atoms with Crippen molar-refractivity contribution < 1.29 is 9.47 Å². The van der Waals surface area contributed by atoms with Crippen LogP contribution in [0.25, 0.3) is 0 Å². The topological polar surface area (TPSA) is 30.5 Å². The fourth-order valence-corrected chi connectivity index (χ4v) is 2.07. The maximum absolute atomic E-state index is 5.88. The Kier molecular flexibility index (Phi) is 6.71. The van der Waals surface area contributed by atoms with Gasteiger partial charge in [0.15, 0.2) is 11.5 Å². The summed E-state index contributed by atoms with van der Waals surface area (Å²) in [6.45, 7) is 8.90. The lowest BCUT2D eigenvalue weighted by atomic mass is 9.84. The molecule has 0 spiro atoms. The maximum atomic E-state index is 5.88. The van der Waals surface area contributed by atoms with E-state index >= 15 is 0 Å². The molecular weight excluding hydrogens is 238 g/mol. The predicted molar refractivity (Wildman–Crippen MR) is 80.0 cm³/mol. The van der Waals surface area contributed by atoms with Gasteiger partial charge in [-0.15, -0.1) is 0 Å². The highest BCUT2D eigenvalue weighted by Crippen LogP contribution is 2.29. The first-order valence-electron chi connectivity index (χ1n) is 7.14. The van der Waals surface area contributed by atoms with Crippen molar-refractivity contribution >= 4 is 0 Å². The van der Waals surface area contributed by atoms with Crippen molar-refractivity contribution in [2.45, 2.75) is 33.6 Å². The highest BCUT2D eigenvalue weighted by atomic mass is 16.5. The van der Waals surface area contributed by atoms with Crippen molar-refractivity contribution in [1.82, 2.24) is 5.32 Å². The maximum Gasteiger partial charge on any atom is 0.161 e. The smallest absolute Gasteiger partial charge is 0.161 e. The quantitative estimate of drug-likeness (QED) is 0.741. The standard InChI is InChI=1S/C16H27NO2/c1-5-16(3,13-17-4)11-12-19-15-10-8-7-9-14(15)18-6-2/h7-10,17H,5-6,11-13H2,1-4H3. The molecule has 0 amide bonds. The predicted octanol–water partition coefficient (Wildman–Crippen LogP) is 3.49. The molecule has 0 radical (unpaired) electrons. The summed E-state index contributed by atoms with van der Waals surface area (Å²) >= 11 is 0. The Labute approximate surface area is 117 Å². The molecule has 3 heteroatoms. The van der Waals surface area contributed by atoms with Gasteiger partial charge < -0.3 is 14.8 Å². The highest BCUT2D eigenvalue weighted by molar-refractivity contribution is 5.39. The van der Waals surface area contributed by atoms with E-state index < -0.39 is 0 Å². The van der Waals surface area contributed by atoms with Crippen LogP contribution >= 0.6 is 0 Å². The van der Waals surface area contributed by atoms with Crippen LogP contribution in [-0.4, -0.2) is 26.8 Å². The molecular formula is C16H27NO2. The zero-order chi connectivity index (χ0) is 14.1. The summed E-state index contributed by atoms with van der Waals surface area (Å²) < 4.78 is 11.4. The van der Waals surface area contributed by atoms with Gasteiger partial charge in [0, 0.05) is 6.54 Å². The average molecular weight is 265 g/mol. The molecule has 0 aliphatic heterocycles. The summed E-state index contributed by atoms with van der Waals surface area (Å²) in [7, 11) is 2.00. The zero-order valence-electron chi connectivity index (χ0n) is 12.7. The van der Waals surface area contributed by atoms with Crippen LogP contribution in [0.1, 0.15) is 33.6 Å². The normalized spacial score (nSPS) is 13.9. The Bertz CT molecular complexity index is 368. The number of nitrogens with one attached hydrogen (secondary N) is 1. The number of ether oxygens (including phenoxy) is 2. The lowest BCUT2D eigenvalue weighted by Gasteiger charge is -2.28. The van der Waals surface area contributed by atoms with Crippen molar-refractivity contribution in [3.8, 4) is 11.5 Å². The van der Waals surface area contributed by atoms with Crippen molar-refractivity contribution in [1.29, 1.82) is 0 Å². The molecule has 1 aromatic carbocycles. The van der Waals surface area contributed by atoms with Crippen LogP contribution in [0.4, 0.5) is 0 Å². The van der Waals surface area contributed by atoms with Gasteiger partial charge in [-0.05, 0) is 44.4 Å². The van der Waals surface area contributed by atoms with E-state index in [1.54, 1.807) is 0 Å². The lowest BCUT2D eigenvalue weighted by molar-refractivity contribution is 0.196. The molecule has 0 saturated carbocycles. The van der Waals surface area contributed by atoms with Gasteiger partial charge in [-0.2, -0.15) is 0 Å². The first kappa shape index (κ1) is 15.8. The monoisotopic (exact) mass is 265 g/mol. The van der Waals surface area contributed by atoms with Crippen molar-refractivity contribution in [3.05, 3.63) is 24.3 Å².